The number of hydrogen-bond donors (Lipinski definition) is 1. The molecule has 0 bridgehead atoms. The number of urea groups is 1. The molecule has 0 atom stereocenters. The van der Waals surface area contributed by atoms with Crippen LogP contribution in [0.5, 0.6) is 0 Å². The summed E-state index contributed by atoms with van der Waals surface area (Å²) in [6, 6.07) is 17.4. The van der Waals surface area contributed by atoms with E-state index in [4.69, 9.17) is 16.0 Å². The van der Waals surface area contributed by atoms with E-state index in [2.05, 4.69) is 5.32 Å². The van der Waals surface area contributed by atoms with Gasteiger partial charge in [0.2, 0.25) is 0 Å². The van der Waals surface area contributed by atoms with Gasteiger partial charge in [0, 0.05) is 14.8 Å². The summed E-state index contributed by atoms with van der Waals surface area (Å²) in [5, 5.41) is 2.87. The summed E-state index contributed by atoms with van der Waals surface area (Å²) in [4.78, 5) is 40.0. The molecule has 4 amide bonds. The van der Waals surface area contributed by atoms with Crippen molar-refractivity contribution in [3.05, 3.63) is 88.8 Å². The van der Waals surface area contributed by atoms with Crippen LogP contribution in [-0.2, 0) is 16.1 Å². The summed E-state index contributed by atoms with van der Waals surface area (Å²) in [6.45, 7) is -0.0566. The Bertz CT molecular complexity index is 1120. The van der Waals surface area contributed by atoms with Gasteiger partial charge in [0.05, 0.1) is 12.8 Å². The largest absolute Gasteiger partial charge is 0.467 e. The van der Waals surface area contributed by atoms with E-state index in [1.54, 1.807) is 36.0 Å². The van der Waals surface area contributed by atoms with E-state index in [1.807, 2.05) is 36.4 Å². The maximum atomic E-state index is 12.7. The molecule has 2 aromatic carbocycles. The Balaban J connectivity index is 1.52. The number of carbonyl (C=O) groups excluding carboxylic acids is 3. The highest BCUT2D eigenvalue weighted by Gasteiger charge is 2.36. The fourth-order valence-electron chi connectivity index (χ4n) is 2.83. The molecule has 4 rings (SSSR count). The van der Waals surface area contributed by atoms with Gasteiger partial charge < -0.3 is 4.42 Å². The van der Waals surface area contributed by atoms with E-state index in [0.717, 1.165) is 14.7 Å². The molecule has 1 saturated heterocycles. The topological polar surface area (TPSA) is 79.6 Å². The van der Waals surface area contributed by atoms with Crippen LogP contribution in [0.15, 0.2) is 86.7 Å². The van der Waals surface area contributed by atoms with Crippen LogP contribution in [0.1, 0.15) is 11.3 Å². The molecule has 6 nitrogen and oxygen atoms in total. The average molecular weight is 439 g/mol. The van der Waals surface area contributed by atoms with Crippen molar-refractivity contribution in [3.63, 3.8) is 0 Å². The van der Waals surface area contributed by atoms with Crippen LogP contribution in [0, 0.1) is 0 Å². The van der Waals surface area contributed by atoms with E-state index in [0.29, 0.717) is 16.3 Å². The normalized spacial score (nSPS) is 15.6. The fourth-order valence-corrected chi connectivity index (χ4v) is 3.78. The molecule has 0 aliphatic carbocycles. The number of benzene rings is 2. The lowest BCUT2D eigenvalue weighted by Gasteiger charge is -2.25. The molecule has 1 aliphatic heterocycles. The van der Waals surface area contributed by atoms with E-state index >= 15 is 0 Å². The molecule has 1 aromatic heterocycles. The van der Waals surface area contributed by atoms with Crippen molar-refractivity contribution < 1.29 is 18.8 Å². The Labute approximate surface area is 181 Å². The summed E-state index contributed by atoms with van der Waals surface area (Å²) in [5.41, 5.74) is 0.556. The van der Waals surface area contributed by atoms with Crippen molar-refractivity contribution in [3.8, 4) is 0 Å². The summed E-state index contributed by atoms with van der Waals surface area (Å²) < 4.78 is 5.19. The van der Waals surface area contributed by atoms with Crippen LogP contribution in [0.2, 0.25) is 5.02 Å². The number of halogens is 1. The molecule has 150 valence electrons. The second-order valence-corrected chi connectivity index (χ2v) is 8.00. The molecule has 1 aliphatic rings. The number of hydrogen-bond acceptors (Lipinski definition) is 5. The lowest BCUT2D eigenvalue weighted by Crippen LogP contribution is -2.53. The van der Waals surface area contributed by atoms with Crippen molar-refractivity contribution in [1.82, 2.24) is 10.2 Å². The van der Waals surface area contributed by atoms with Gasteiger partial charge in [0.1, 0.15) is 11.3 Å². The maximum Gasteiger partial charge on any atom is 0.331 e. The first kappa shape index (κ1) is 20.0. The second kappa shape index (κ2) is 8.61. The first-order valence-corrected chi connectivity index (χ1v) is 10.1. The second-order valence-electron chi connectivity index (χ2n) is 6.41. The molecular formula is C22H15ClN2O4S. The molecule has 2 heterocycles. The highest BCUT2D eigenvalue weighted by atomic mass is 35.5. The Kier molecular flexibility index (Phi) is 5.74. The van der Waals surface area contributed by atoms with Gasteiger partial charge in [-0.1, -0.05) is 35.5 Å². The van der Waals surface area contributed by atoms with Crippen LogP contribution in [-0.4, -0.2) is 22.7 Å². The van der Waals surface area contributed by atoms with Gasteiger partial charge in [0.25, 0.3) is 11.8 Å². The number of nitrogens with one attached hydrogen (secondary N) is 1. The maximum absolute atomic E-state index is 12.7. The predicted octanol–water partition coefficient (Wildman–Crippen LogP) is 4.75. The third-order valence-electron chi connectivity index (χ3n) is 4.32. The smallest absolute Gasteiger partial charge is 0.331 e. The molecular weight excluding hydrogens is 424 g/mol. The quantitative estimate of drug-likeness (QED) is 0.459. The Morgan fingerprint density at radius 2 is 1.63 bits per heavy atom. The molecule has 0 radical (unpaired) electrons. The van der Waals surface area contributed by atoms with Crippen LogP contribution in [0.4, 0.5) is 4.79 Å². The molecule has 1 N–H and O–H groups in total. The number of nitrogens with zero attached hydrogens (tertiary/aromatic N) is 1. The molecule has 0 unspecified atom stereocenters. The third-order valence-corrected chi connectivity index (χ3v) is 5.59. The number of barbiturate groups is 1. The monoisotopic (exact) mass is 438 g/mol. The number of rotatable bonds is 5. The minimum absolute atomic E-state index is 0.0566. The Morgan fingerprint density at radius 1 is 0.967 bits per heavy atom. The fraction of sp³-hybridized carbons (Fsp3) is 0.0455. The van der Waals surface area contributed by atoms with Crippen molar-refractivity contribution >= 4 is 47.3 Å². The first-order chi connectivity index (χ1) is 14.5. The van der Waals surface area contributed by atoms with Gasteiger partial charge in [-0.3, -0.25) is 19.8 Å². The summed E-state index contributed by atoms with van der Waals surface area (Å²) >= 11 is 7.47. The van der Waals surface area contributed by atoms with Crippen LogP contribution in [0.25, 0.3) is 6.08 Å². The lowest BCUT2D eigenvalue weighted by atomic mass is 10.1. The van der Waals surface area contributed by atoms with Crippen LogP contribution < -0.4 is 5.32 Å². The lowest BCUT2D eigenvalue weighted by molar-refractivity contribution is -0.130. The van der Waals surface area contributed by atoms with E-state index in [1.165, 1.54) is 12.3 Å². The van der Waals surface area contributed by atoms with Gasteiger partial charge in [-0.25, -0.2) is 4.79 Å². The van der Waals surface area contributed by atoms with Crippen molar-refractivity contribution in [2.75, 3.05) is 0 Å². The average Bonchev–Trinajstić information content (AvgIpc) is 3.25. The van der Waals surface area contributed by atoms with Crippen LogP contribution >= 0.6 is 23.4 Å². The zero-order valence-corrected chi connectivity index (χ0v) is 17.1. The van der Waals surface area contributed by atoms with Crippen molar-refractivity contribution in [2.24, 2.45) is 0 Å². The van der Waals surface area contributed by atoms with Gasteiger partial charge >= 0.3 is 6.03 Å². The summed E-state index contributed by atoms with van der Waals surface area (Å²) in [7, 11) is 0. The number of carbonyl (C=O) groups is 3. The standard InChI is InChI=1S/C22H15ClN2O4S/c23-15-5-9-18(10-6-15)30-17-7-3-14(4-8-17)12-19-20(26)24-22(28)25(21(19)27)13-16-2-1-11-29-16/h1-12H,13H2,(H,24,26,28)/b19-12+. The van der Waals surface area contributed by atoms with E-state index in [9.17, 15) is 14.4 Å². The number of furan rings is 1. The molecule has 30 heavy (non-hydrogen) atoms. The highest BCUT2D eigenvalue weighted by molar-refractivity contribution is 7.99. The minimum atomic E-state index is -0.770. The molecule has 1 fully saturated rings. The number of amides is 4. The minimum Gasteiger partial charge on any atom is -0.467 e. The van der Waals surface area contributed by atoms with Gasteiger partial charge in [-0.05, 0) is 60.2 Å². The summed E-state index contributed by atoms with van der Waals surface area (Å²) in [6.07, 6.45) is 2.92. The number of imide groups is 2. The Morgan fingerprint density at radius 3 is 2.27 bits per heavy atom. The summed E-state index contributed by atoms with van der Waals surface area (Å²) in [5.74, 6) is -0.948. The highest BCUT2D eigenvalue weighted by Crippen LogP contribution is 2.29. The predicted molar refractivity (Wildman–Crippen MR) is 113 cm³/mol. The van der Waals surface area contributed by atoms with Crippen molar-refractivity contribution in [2.45, 2.75) is 16.3 Å². The SMILES string of the molecule is O=C1NC(=O)N(Cc2ccco2)C(=O)/C1=C/c1ccc(Sc2ccc(Cl)cc2)cc1. The molecule has 8 heteroatoms. The first-order valence-electron chi connectivity index (χ1n) is 8.94. The van der Waals surface area contributed by atoms with E-state index in [-0.39, 0.29) is 12.1 Å². The third kappa shape index (κ3) is 4.48. The van der Waals surface area contributed by atoms with Gasteiger partial charge in [-0.15, -0.1) is 0 Å². The van der Waals surface area contributed by atoms with Crippen LogP contribution in [0.3, 0.4) is 0 Å². The van der Waals surface area contributed by atoms with E-state index < -0.39 is 17.8 Å². The zero-order valence-electron chi connectivity index (χ0n) is 15.5. The Hall–Kier alpha value is -3.29. The molecule has 0 spiro atoms. The molecule has 0 saturated carbocycles. The van der Waals surface area contributed by atoms with Crippen molar-refractivity contribution in [1.29, 1.82) is 0 Å². The van der Waals surface area contributed by atoms with Gasteiger partial charge in [-0.2, -0.15) is 0 Å². The molecule has 3 aromatic rings. The van der Waals surface area contributed by atoms with Gasteiger partial charge in [0.15, 0.2) is 0 Å². The zero-order chi connectivity index (χ0) is 21.1.